The molecule has 8 nitrogen and oxygen atoms in total. The Hall–Kier alpha value is -3.01. The average Bonchev–Trinajstić information content (AvgIpc) is 2.84. The fraction of sp³-hybridized carbons (Fsp3) is 0.261. The number of hydrogen-bond acceptors (Lipinski definition) is 6. The van der Waals surface area contributed by atoms with Gasteiger partial charge < -0.3 is 10.1 Å². The van der Waals surface area contributed by atoms with Gasteiger partial charge in [-0.3, -0.25) is 4.79 Å². The topological polar surface area (TPSA) is 101 Å². The Bertz CT molecular complexity index is 1200. The van der Waals surface area contributed by atoms with Crippen molar-refractivity contribution in [1.29, 1.82) is 0 Å². The van der Waals surface area contributed by atoms with Crippen molar-refractivity contribution in [3.8, 4) is 5.88 Å². The summed E-state index contributed by atoms with van der Waals surface area (Å²) in [4.78, 5) is 20.7. The maximum Gasteiger partial charge on any atom is 0.246 e. The number of aromatic nitrogens is 2. The molecule has 1 aliphatic rings. The third-order valence-electron chi connectivity index (χ3n) is 5.40. The standard InChI is InChI=1S/C23H23ClN4O4S/c24-22-20(7-4-12-25-22)33(30,31)28-13-10-18(11-14-28)23(29)27-19-8-9-21(26-15-19)32-16-17-5-2-1-3-6-17/h1-9,12,15,18H,10-11,13-14,16H2,(H,27,29). The molecular formula is C23H23ClN4O4S. The van der Waals surface area contributed by atoms with E-state index in [2.05, 4.69) is 15.3 Å². The number of nitrogens with one attached hydrogen (secondary N) is 1. The summed E-state index contributed by atoms with van der Waals surface area (Å²) in [6, 6.07) is 16.2. The third kappa shape index (κ3) is 5.68. The monoisotopic (exact) mass is 486 g/mol. The minimum Gasteiger partial charge on any atom is -0.473 e. The molecule has 1 saturated heterocycles. The highest BCUT2D eigenvalue weighted by Gasteiger charge is 2.33. The molecule has 0 bridgehead atoms. The van der Waals surface area contributed by atoms with Gasteiger partial charge in [-0.1, -0.05) is 41.9 Å². The lowest BCUT2D eigenvalue weighted by molar-refractivity contribution is -0.120. The summed E-state index contributed by atoms with van der Waals surface area (Å²) in [5, 5.41) is 2.80. The van der Waals surface area contributed by atoms with E-state index in [9.17, 15) is 13.2 Å². The lowest BCUT2D eigenvalue weighted by Crippen LogP contribution is -2.41. The van der Waals surface area contributed by atoms with Crippen LogP contribution < -0.4 is 10.1 Å². The van der Waals surface area contributed by atoms with E-state index in [1.165, 1.54) is 22.6 Å². The Morgan fingerprint density at radius 3 is 2.48 bits per heavy atom. The minimum absolute atomic E-state index is 0.0183. The highest BCUT2D eigenvalue weighted by molar-refractivity contribution is 7.89. The first-order valence-corrected chi connectivity index (χ1v) is 12.3. The number of piperidine rings is 1. The molecule has 3 aromatic rings. The number of sulfonamides is 1. The number of pyridine rings is 2. The fourth-order valence-electron chi connectivity index (χ4n) is 3.58. The number of benzene rings is 1. The number of carbonyl (C=O) groups is 1. The van der Waals surface area contributed by atoms with Crippen LogP contribution in [0.4, 0.5) is 5.69 Å². The summed E-state index contributed by atoms with van der Waals surface area (Å²) >= 11 is 5.96. The number of carbonyl (C=O) groups excluding carboxylic acids is 1. The number of nitrogens with zero attached hydrogens (tertiary/aromatic N) is 3. The zero-order valence-corrected chi connectivity index (χ0v) is 19.3. The van der Waals surface area contributed by atoms with Gasteiger partial charge in [-0.25, -0.2) is 18.4 Å². The van der Waals surface area contributed by atoms with Crippen LogP contribution in [-0.2, 0) is 21.4 Å². The van der Waals surface area contributed by atoms with Crippen LogP contribution in [-0.4, -0.2) is 41.7 Å². The van der Waals surface area contributed by atoms with Crippen molar-refractivity contribution in [1.82, 2.24) is 14.3 Å². The van der Waals surface area contributed by atoms with Crippen LogP contribution in [0.2, 0.25) is 5.15 Å². The molecule has 1 amide bonds. The molecule has 0 saturated carbocycles. The van der Waals surface area contributed by atoms with E-state index < -0.39 is 10.0 Å². The SMILES string of the molecule is O=C(Nc1ccc(OCc2ccccc2)nc1)C1CCN(S(=O)(=O)c2cccnc2Cl)CC1. The summed E-state index contributed by atoms with van der Waals surface area (Å²) in [5.41, 5.74) is 1.60. The highest BCUT2D eigenvalue weighted by atomic mass is 35.5. The van der Waals surface area contributed by atoms with E-state index in [1.54, 1.807) is 18.3 Å². The molecule has 3 heterocycles. The second kappa shape index (κ2) is 10.3. The Kier molecular flexibility index (Phi) is 7.22. The molecule has 172 valence electrons. The predicted octanol–water partition coefficient (Wildman–Crippen LogP) is 3.75. The lowest BCUT2D eigenvalue weighted by Gasteiger charge is -2.30. The van der Waals surface area contributed by atoms with Gasteiger partial charge in [-0.15, -0.1) is 0 Å². The first-order valence-electron chi connectivity index (χ1n) is 10.5. The largest absolute Gasteiger partial charge is 0.473 e. The van der Waals surface area contributed by atoms with Crippen molar-refractivity contribution in [3.63, 3.8) is 0 Å². The molecule has 0 unspecified atom stereocenters. The van der Waals surface area contributed by atoms with Gasteiger partial charge >= 0.3 is 0 Å². The van der Waals surface area contributed by atoms with Crippen LogP contribution in [0.1, 0.15) is 18.4 Å². The van der Waals surface area contributed by atoms with Gasteiger partial charge in [-0.2, -0.15) is 4.31 Å². The van der Waals surface area contributed by atoms with Gasteiger partial charge in [-0.05, 0) is 36.6 Å². The Morgan fingerprint density at radius 1 is 1.06 bits per heavy atom. The smallest absolute Gasteiger partial charge is 0.246 e. The number of hydrogen-bond donors (Lipinski definition) is 1. The average molecular weight is 487 g/mol. The molecule has 0 radical (unpaired) electrons. The van der Waals surface area contributed by atoms with Crippen LogP contribution in [0, 0.1) is 5.92 Å². The van der Waals surface area contributed by atoms with Crippen molar-refractivity contribution >= 4 is 33.2 Å². The minimum atomic E-state index is -3.75. The maximum absolute atomic E-state index is 12.8. The van der Waals surface area contributed by atoms with Gasteiger partial charge in [0.05, 0.1) is 11.9 Å². The number of ether oxygens (including phenoxy) is 1. The molecule has 2 aromatic heterocycles. The Morgan fingerprint density at radius 2 is 1.82 bits per heavy atom. The first-order chi connectivity index (χ1) is 15.9. The van der Waals surface area contributed by atoms with Gasteiger partial charge in [0.25, 0.3) is 0 Å². The molecular weight excluding hydrogens is 464 g/mol. The lowest BCUT2D eigenvalue weighted by atomic mass is 9.97. The highest BCUT2D eigenvalue weighted by Crippen LogP contribution is 2.27. The molecule has 0 atom stereocenters. The summed E-state index contributed by atoms with van der Waals surface area (Å²) < 4.78 is 32.7. The van der Waals surface area contributed by atoms with Gasteiger partial charge in [0.1, 0.15) is 16.7 Å². The van der Waals surface area contributed by atoms with Crippen LogP contribution in [0.15, 0.2) is 71.9 Å². The van der Waals surface area contributed by atoms with Gasteiger partial charge in [0, 0.05) is 31.3 Å². The number of anilines is 1. The fourth-order valence-corrected chi connectivity index (χ4v) is 5.47. The van der Waals surface area contributed by atoms with E-state index in [4.69, 9.17) is 16.3 Å². The van der Waals surface area contributed by atoms with Crippen molar-refractivity contribution in [2.45, 2.75) is 24.3 Å². The Labute approximate surface area is 197 Å². The Balaban J connectivity index is 1.29. The van der Waals surface area contributed by atoms with Crippen molar-refractivity contribution in [3.05, 3.63) is 77.7 Å². The van der Waals surface area contributed by atoms with E-state index in [0.717, 1.165) is 5.56 Å². The van der Waals surface area contributed by atoms with Crippen LogP contribution in [0.25, 0.3) is 0 Å². The summed E-state index contributed by atoms with van der Waals surface area (Å²) in [5.74, 6) is 0.00506. The molecule has 4 rings (SSSR count). The number of rotatable bonds is 7. The van der Waals surface area contributed by atoms with Crippen LogP contribution in [0.3, 0.4) is 0 Å². The molecule has 1 aliphatic heterocycles. The summed E-state index contributed by atoms with van der Waals surface area (Å²) in [6.45, 7) is 0.873. The predicted molar refractivity (Wildman–Crippen MR) is 124 cm³/mol. The molecule has 0 aliphatic carbocycles. The van der Waals surface area contributed by atoms with Crippen molar-refractivity contribution in [2.75, 3.05) is 18.4 Å². The number of halogens is 1. The van der Waals surface area contributed by atoms with Gasteiger partial charge in [0.2, 0.25) is 21.8 Å². The summed E-state index contributed by atoms with van der Waals surface area (Å²) in [6.07, 6.45) is 3.81. The van der Waals surface area contributed by atoms with E-state index in [-0.39, 0.29) is 35.0 Å². The zero-order chi connectivity index (χ0) is 23.3. The molecule has 1 N–H and O–H groups in total. The molecule has 33 heavy (non-hydrogen) atoms. The maximum atomic E-state index is 12.8. The van der Waals surface area contributed by atoms with Gasteiger partial charge in [0.15, 0.2) is 0 Å². The normalized spacial score (nSPS) is 15.2. The third-order valence-corrected chi connectivity index (χ3v) is 7.74. The summed E-state index contributed by atoms with van der Waals surface area (Å²) in [7, 11) is -3.75. The molecule has 10 heteroatoms. The first kappa shape index (κ1) is 23.2. The molecule has 1 aromatic carbocycles. The van der Waals surface area contributed by atoms with E-state index >= 15 is 0 Å². The number of amides is 1. The van der Waals surface area contributed by atoms with Crippen molar-refractivity contribution < 1.29 is 17.9 Å². The second-order valence-corrected chi connectivity index (χ2v) is 9.88. The molecule has 1 fully saturated rings. The van der Waals surface area contributed by atoms with Crippen LogP contribution >= 0.6 is 11.6 Å². The van der Waals surface area contributed by atoms with Crippen molar-refractivity contribution in [2.24, 2.45) is 5.92 Å². The second-order valence-electron chi connectivity index (χ2n) is 7.62. The van der Waals surface area contributed by atoms with Crippen LogP contribution in [0.5, 0.6) is 5.88 Å². The zero-order valence-electron chi connectivity index (χ0n) is 17.7. The molecule has 0 spiro atoms. The van der Waals surface area contributed by atoms with E-state index in [1.807, 2.05) is 30.3 Å². The van der Waals surface area contributed by atoms with E-state index in [0.29, 0.717) is 31.0 Å². The quantitative estimate of drug-likeness (QED) is 0.510.